The molecule has 2 heterocycles. The van der Waals surface area contributed by atoms with Gasteiger partial charge in [-0.2, -0.15) is 0 Å². The Bertz CT molecular complexity index is 785. The van der Waals surface area contributed by atoms with Crippen LogP contribution >= 0.6 is 24.0 Å². The van der Waals surface area contributed by atoms with Crippen molar-refractivity contribution >= 4 is 40.3 Å². The molecule has 0 aliphatic carbocycles. The Balaban J connectivity index is 1.94. The second kappa shape index (κ2) is 7.22. The Kier molecular flexibility index (Phi) is 5.20. The van der Waals surface area contributed by atoms with Gasteiger partial charge in [-0.1, -0.05) is 43.0 Å². The summed E-state index contributed by atoms with van der Waals surface area (Å²) in [5, 5.41) is 0. The van der Waals surface area contributed by atoms with Gasteiger partial charge in [0, 0.05) is 11.6 Å². The molecule has 3 rings (SSSR count). The molecule has 2 aliphatic heterocycles. The summed E-state index contributed by atoms with van der Waals surface area (Å²) >= 11 is 6.75. The van der Waals surface area contributed by atoms with Crippen molar-refractivity contribution in [3.8, 4) is 11.5 Å². The summed E-state index contributed by atoms with van der Waals surface area (Å²) in [5.41, 5.74) is 1.89. The summed E-state index contributed by atoms with van der Waals surface area (Å²) in [4.78, 5) is 15.1. The Morgan fingerprint density at radius 2 is 2.24 bits per heavy atom. The van der Waals surface area contributed by atoms with E-state index in [4.69, 9.17) is 21.7 Å². The van der Waals surface area contributed by atoms with E-state index in [2.05, 4.69) is 6.92 Å². The van der Waals surface area contributed by atoms with Gasteiger partial charge in [-0.25, -0.2) is 0 Å². The average Bonchev–Trinajstić information content (AvgIpc) is 2.88. The first kappa shape index (κ1) is 18.0. The van der Waals surface area contributed by atoms with Crippen LogP contribution in [0.1, 0.15) is 32.8 Å². The van der Waals surface area contributed by atoms with Crippen LogP contribution in [-0.2, 0) is 4.79 Å². The zero-order chi connectivity index (χ0) is 18.1. The molecule has 2 atom stereocenters. The van der Waals surface area contributed by atoms with Gasteiger partial charge < -0.3 is 9.47 Å². The molecule has 0 spiro atoms. The maximum Gasteiger partial charge on any atom is 0.266 e. The SMILES string of the molecule is CCC(C)N1C(=O)C(=CC2=Cc3cccc(OC)c3OC2C)SC1=S. The molecule has 2 aliphatic rings. The smallest absolute Gasteiger partial charge is 0.266 e. The maximum absolute atomic E-state index is 12.7. The van der Waals surface area contributed by atoms with Crippen LogP contribution < -0.4 is 9.47 Å². The Hall–Kier alpha value is -1.79. The first-order valence-corrected chi connectivity index (χ1v) is 9.51. The van der Waals surface area contributed by atoms with Crippen LogP contribution in [0, 0.1) is 0 Å². The first-order valence-electron chi connectivity index (χ1n) is 8.28. The second-order valence-electron chi connectivity index (χ2n) is 6.09. The molecular formula is C19H21NO3S2. The highest BCUT2D eigenvalue weighted by Gasteiger charge is 2.35. The van der Waals surface area contributed by atoms with E-state index in [0.717, 1.165) is 23.3 Å². The number of carbonyl (C=O) groups excluding carboxylic acids is 1. The Morgan fingerprint density at radius 3 is 2.92 bits per heavy atom. The van der Waals surface area contributed by atoms with Crippen molar-refractivity contribution < 1.29 is 14.3 Å². The summed E-state index contributed by atoms with van der Waals surface area (Å²) in [5.74, 6) is 1.43. The van der Waals surface area contributed by atoms with Crippen LogP contribution in [0.5, 0.6) is 11.5 Å². The monoisotopic (exact) mass is 375 g/mol. The quantitative estimate of drug-likeness (QED) is 0.576. The zero-order valence-corrected chi connectivity index (χ0v) is 16.4. The van der Waals surface area contributed by atoms with Crippen molar-refractivity contribution in [1.82, 2.24) is 4.90 Å². The first-order chi connectivity index (χ1) is 12.0. The fraction of sp³-hybridized carbons (Fsp3) is 0.368. The molecule has 0 saturated carbocycles. The van der Waals surface area contributed by atoms with Gasteiger partial charge in [0.15, 0.2) is 11.5 Å². The van der Waals surface area contributed by atoms with Gasteiger partial charge in [-0.05, 0) is 44.1 Å². The van der Waals surface area contributed by atoms with Crippen molar-refractivity contribution in [2.24, 2.45) is 0 Å². The number of thiocarbonyl (C=S) groups is 1. The van der Waals surface area contributed by atoms with Crippen molar-refractivity contribution in [2.45, 2.75) is 39.3 Å². The van der Waals surface area contributed by atoms with Crippen LogP contribution in [0.2, 0.25) is 0 Å². The minimum Gasteiger partial charge on any atom is -0.493 e. The highest BCUT2D eigenvalue weighted by atomic mass is 32.2. The number of benzene rings is 1. The van der Waals surface area contributed by atoms with E-state index in [-0.39, 0.29) is 18.1 Å². The molecule has 6 heteroatoms. The second-order valence-corrected chi connectivity index (χ2v) is 7.77. The molecule has 1 aromatic rings. The molecule has 2 unspecified atom stereocenters. The highest BCUT2D eigenvalue weighted by molar-refractivity contribution is 8.26. The minimum atomic E-state index is -0.170. The van der Waals surface area contributed by atoms with E-state index in [1.807, 2.05) is 44.2 Å². The Labute approximate surface area is 157 Å². The number of ether oxygens (including phenoxy) is 2. The summed E-state index contributed by atoms with van der Waals surface area (Å²) < 4.78 is 12.0. The van der Waals surface area contributed by atoms with Gasteiger partial charge >= 0.3 is 0 Å². The van der Waals surface area contributed by atoms with E-state index in [0.29, 0.717) is 15.0 Å². The van der Waals surface area contributed by atoms with Crippen LogP contribution in [0.3, 0.4) is 0 Å². The molecule has 0 radical (unpaired) electrons. The van der Waals surface area contributed by atoms with Crippen molar-refractivity contribution in [3.63, 3.8) is 0 Å². The molecule has 1 fully saturated rings. The predicted molar refractivity (Wildman–Crippen MR) is 106 cm³/mol. The van der Waals surface area contributed by atoms with Gasteiger partial charge in [-0.15, -0.1) is 0 Å². The third-order valence-electron chi connectivity index (χ3n) is 4.47. The topological polar surface area (TPSA) is 38.8 Å². The summed E-state index contributed by atoms with van der Waals surface area (Å²) in [6.45, 7) is 6.03. The van der Waals surface area contributed by atoms with E-state index in [1.165, 1.54) is 11.8 Å². The number of rotatable bonds is 4. The molecule has 1 aromatic carbocycles. The lowest BCUT2D eigenvalue weighted by atomic mass is 10.0. The molecule has 1 amide bonds. The summed E-state index contributed by atoms with van der Waals surface area (Å²) in [7, 11) is 1.63. The lowest BCUT2D eigenvalue weighted by molar-refractivity contribution is -0.123. The standard InChI is InChI=1S/C19H21NO3S2/c1-5-11(2)20-18(21)16(25-19(20)24)10-14-9-13-7-6-8-15(22-4)17(13)23-12(14)3/h6-12H,5H2,1-4H3. The van der Waals surface area contributed by atoms with Crippen LogP contribution in [0.15, 0.2) is 34.8 Å². The number of thioether (sulfide) groups is 1. The van der Waals surface area contributed by atoms with E-state index < -0.39 is 0 Å². The Morgan fingerprint density at radius 1 is 1.48 bits per heavy atom. The zero-order valence-electron chi connectivity index (χ0n) is 14.7. The molecule has 25 heavy (non-hydrogen) atoms. The van der Waals surface area contributed by atoms with Crippen molar-refractivity contribution in [3.05, 3.63) is 40.3 Å². The predicted octanol–water partition coefficient (Wildman–Crippen LogP) is 4.40. The van der Waals surface area contributed by atoms with E-state index in [9.17, 15) is 4.79 Å². The molecule has 4 nitrogen and oxygen atoms in total. The minimum absolute atomic E-state index is 0.0195. The number of fused-ring (bicyclic) bond motifs is 1. The van der Waals surface area contributed by atoms with Crippen molar-refractivity contribution in [1.29, 1.82) is 0 Å². The van der Waals surface area contributed by atoms with Gasteiger partial charge in [0.25, 0.3) is 5.91 Å². The van der Waals surface area contributed by atoms with Gasteiger partial charge in [0.05, 0.1) is 12.0 Å². The number of nitrogens with zero attached hydrogens (tertiary/aromatic N) is 1. The number of hydrogen-bond donors (Lipinski definition) is 0. The number of carbonyl (C=O) groups is 1. The number of methoxy groups -OCH3 is 1. The van der Waals surface area contributed by atoms with Gasteiger partial charge in [0.2, 0.25) is 0 Å². The number of amides is 1. The lowest BCUT2D eigenvalue weighted by Gasteiger charge is -2.24. The molecule has 1 saturated heterocycles. The fourth-order valence-corrected chi connectivity index (χ4v) is 4.29. The fourth-order valence-electron chi connectivity index (χ4n) is 2.83. The van der Waals surface area contributed by atoms with Crippen LogP contribution in [-0.4, -0.2) is 34.4 Å². The third kappa shape index (κ3) is 3.33. The maximum atomic E-state index is 12.7. The summed E-state index contributed by atoms with van der Waals surface area (Å²) in [6.07, 6.45) is 4.64. The highest BCUT2D eigenvalue weighted by Crippen LogP contribution is 2.40. The average molecular weight is 376 g/mol. The van der Waals surface area contributed by atoms with Gasteiger partial charge in [-0.3, -0.25) is 9.69 Å². The lowest BCUT2D eigenvalue weighted by Crippen LogP contribution is -2.36. The normalized spacial score (nSPS) is 22.6. The van der Waals surface area contributed by atoms with Gasteiger partial charge in [0.1, 0.15) is 10.4 Å². The molecule has 0 N–H and O–H groups in total. The summed E-state index contributed by atoms with van der Waals surface area (Å²) in [6, 6.07) is 5.88. The third-order valence-corrected chi connectivity index (χ3v) is 5.80. The molecular weight excluding hydrogens is 354 g/mol. The number of hydrogen-bond acceptors (Lipinski definition) is 5. The largest absolute Gasteiger partial charge is 0.493 e. The number of para-hydroxylation sites is 1. The van der Waals surface area contributed by atoms with Crippen LogP contribution in [0.25, 0.3) is 6.08 Å². The molecule has 132 valence electrons. The molecule has 0 aromatic heterocycles. The van der Waals surface area contributed by atoms with Crippen LogP contribution in [0.4, 0.5) is 0 Å². The van der Waals surface area contributed by atoms with E-state index >= 15 is 0 Å². The van der Waals surface area contributed by atoms with Crippen molar-refractivity contribution in [2.75, 3.05) is 7.11 Å². The molecule has 0 bridgehead atoms. The van der Waals surface area contributed by atoms with E-state index in [1.54, 1.807) is 12.0 Å².